The number of aromatic nitrogens is 2. The average molecular weight is 346 g/mol. The lowest BCUT2D eigenvalue weighted by Crippen LogP contribution is -2.24. The van der Waals surface area contributed by atoms with Gasteiger partial charge in [0, 0.05) is 25.0 Å². The molecule has 8 heteroatoms. The largest absolute Gasteiger partial charge is 0.380 e. The van der Waals surface area contributed by atoms with Crippen molar-refractivity contribution >= 4 is 21.4 Å². The van der Waals surface area contributed by atoms with E-state index in [0.717, 1.165) is 5.56 Å². The molecule has 7 nitrogen and oxygen atoms in total. The molecule has 1 aliphatic heterocycles. The van der Waals surface area contributed by atoms with Crippen molar-refractivity contribution in [1.29, 1.82) is 0 Å². The van der Waals surface area contributed by atoms with Crippen molar-refractivity contribution in [2.45, 2.75) is 19.0 Å². The van der Waals surface area contributed by atoms with Crippen molar-refractivity contribution in [2.24, 2.45) is 0 Å². The van der Waals surface area contributed by atoms with Crippen LogP contribution in [0.4, 0.5) is 5.69 Å². The summed E-state index contributed by atoms with van der Waals surface area (Å²) >= 11 is 0. The number of pyridine rings is 2. The van der Waals surface area contributed by atoms with Crippen LogP contribution in [0.3, 0.4) is 0 Å². The molecule has 0 aromatic carbocycles. The third-order valence-electron chi connectivity index (χ3n) is 3.78. The first-order valence-corrected chi connectivity index (χ1v) is 9.44. The van der Waals surface area contributed by atoms with E-state index in [1.54, 1.807) is 30.7 Å². The summed E-state index contributed by atoms with van der Waals surface area (Å²) in [6, 6.07) is 6.94. The Morgan fingerprint density at radius 2 is 2.12 bits per heavy atom. The Labute approximate surface area is 140 Å². The monoisotopic (exact) mass is 346 g/mol. The Morgan fingerprint density at radius 3 is 2.75 bits per heavy atom. The van der Waals surface area contributed by atoms with Gasteiger partial charge >= 0.3 is 0 Å². The summed E-state index contributed by atoms with van der Waals surface area (Å²) in [4.78, 5) is 20.2. The number of rotatable bonds is 5. The molecule has 24 heavy (non-hydrogen) atoms. The van der Waals surface area contributed by atoms with Crippen molar-refractivity contribution in [2.75, 3.05) is 16.8 Å². The zero-order chi connectivity index (χ0) is 17.0. The molecule has 3 heterocycles. The average Bonchev–Trinajstić information content (AvgIpc) is 2.93. The highest BCUT2D eigenvalue weighted by atomic mass is 32.2. The second kappa shape index (κ2) is 6.96. The first-order chi connectivity index (χ1) is 11.5. The molecule has 1 fully saturated rings. The van der Waals surface area contributed by atoms with Gasteiger partial charge in [-0.15, -0.1) is 0 Å². The Morgan fingerprint density at radius 1 is 1.25 bits per heavy atom. The standard InChI is InChI=1S/C16H18N4O3S/c21-16(19-9-12-2-1-6-17-8-12)15-4-3-13(10-18-15)20-14-5-7-24(22,23)11-14/h1-4,6,8,10,14,20H,5,7,9,11H2,(H,19,21). The van der Waals surface area contributed by atoms with Crippen LogP contribution in [0.15, 0.2) is 42.9 Å². The first-order valence-electron chi connectivity index (χ1n) is 7.62. The van der Waals surface area contributed by atoms with E-state index < -0.39 is 9.84 Å². The SMILES string of the molecule is O=C(NCc1cccnc1)c1ccc(NC2CCS(=O)(=O)C2)cn1. The van der Waals surface area contributed by atoms with Crippen LogP contribution < -0.4 is 10.6 Å². The lowest BCUT2D eigenvalue weighted by atomic mass is 10.2. The van der Waals surface area contributed by atoms with Gasteiger partial charge in [0.15, 0.2) is 9.84 Å². The molecular formula is C16H18N4O3S. The Kier molecular flexibility index (Phi) is 4.75. The molecule has 0 spiro atoms. The third kappa shape index (κ3) is 4.29. The van der Waals surface area contributed by atoms with Crippen LogP contribution >= 0.6 is 0 Å². The molecule has 3 rings (SSSR count). The predicted molar refractivity (Wildman–Crippen MR) is 90.3 cm³/mol. The van der Waals surface area contributed by atoms with E-state index in [0.29, 0.717) is 24.3 Å². The second-order valence-electron chi connectivity index (χ2n) is 5.72. The number of anilines is 1. The summed E-state index contributed by atoms with van der Waals surface area (Å²) in [5.74, 6) is 0.0849. The van der Waals surface area contributed by atoms with Crippen LogP contribution in [-0.4, -0.2) is 41.8 Å². The molecule has 0 bridgehead atoms. The highest BCUT2D eigenvalue weighted by molar-refractivity contribution is 7.91. The highest BCUT2D eigenvalue weighted by Crippen LogP contribution is 2.17. The van der Waals surface area contributed by atoms with Gasteiger partial charge in [-0.3, -0.25) is 9.78 Å². The summed E-state index contributed by atoms with van der Waals surface area (Å²) < 4.78 is 22.9. The van der Waals surface area contributed by atoms with E-state index in [2.05, 4.69) is 20.6 Å². The molecule has 1 aliphatic rings. The molecule has 2 aromatic heterocycles. The summed E-state index contributed by atoms with van der Waals surface area (Å²) in [6.07, 6.45) is 5.50. The summed E-state index contributed by atoms with van der Waals surface area (Å²) in [5, 5.41) is 5.92. The number of sulfone groups is 1. The van der Waals surface area contributed by atoms with Gasteiger partial charge in [-0.1, -0.05) is 6.07 Å². The number of carbonyl (C=O) groups excluding carboxylic acids is 1. The lowest BCUT2D eigenvalue weighted by Gasteiger charge is -2.12. The molecule has 126 valence electrons. The van der Waals surface area contributed by atoms with Crippen molar-refractivity contribution in [1.82, 2.24) is 15.3 Å². The fourth-order valence-corrected chi connectivity index (χ4v) is 4.21. The normalized spacial score (nSPS) is 18.9. The van der Waals surface area contributed by atoms with Crippen LogP contribution in [0, 0.1) is 0 Å². The van der Waals surface area contributed by atoms with E-state index in [-0.39, 0.29) is 23.5 Å². The second-order valence-corrected chi connectivity index (χ2v) is 7.95. The minimum atomic E-state index is -2.92. The molecule has 0 radical (unpaired) electrons. The van der Waals surface area contributed by atoms with E-state index in [1.165, 1.54) is 0 Å². The van der Waals surface area contributed by atoms with Crippen LogP contribution in [0.1, 0.15) is 22.5 Å². The Bertz CT molecular complexity index is 807. The van der Waals surface area contributed by atoms with Crippen molar-refractivity contribution in [3.8, 4) is 0 Å². The molecular weight excluding hydrogens is 328 g/mol. The molecule has 0 aliphatic carbocycles. The maximum atomic E-state index is 12.1. The maximum absolute atomic E-state index is 12.1. The Hall–Kier alpha value is -2.48. The van der Waals surface area contributed by atoms with Crippen LogP contribution in [0.2, 0.25) is 0 Å². The molecule has 0 saturated carbocycles. The molecule has 1 atom stereocenters. The maximum Gasteiger partial charge on any atom is 0.270 e. The van der Waals surface area contributed by atoms with Gasteiger partial charge in [-0.05, 0) is 30.2 Å². The zero-order valence-corrected chi connectivity index (χ0v) is 13.8. The van der Waals surface area contributed by atoms with Crippen LogP contribution in [0.25, 0.3) is 0 Å². The number of amides is 1. The topological polar surface area (TPSA) is 101 Å². The smallest absolute Gasteiger partial charge is 0.270 e. The van der Waals surface area contributed by atoms with Gasteiger partial charge in [0.25, 0.3) is 5.91 Å². The van der Waals surface area contributed by atoms with Gasteiger partial charge in [0.2, 0.25) is 0 Å². The molecule has 2 N–H and O–H groups in total. The third-order valence-corrected chi connectivity index (χ3v) is 5.54. The summed E-state index contributed by atoms with van der Waals surface area (Å²) in [5.41, 5.74) is 1.93. The van der Waals surface area contributed by atoms with Crippen LogP contribution in [0.5, 0.6) is 0 Å². The predicted octanol–water partition coefficient (Wildman–Crippen LogP) is 1.01. The molecule has 1 unspecified atom stereocenters. The minimum absolute atomic E-state index is 0.0953. The van der Waals surface area contributed by atoms with E-state index in [9.17, 15) is 13.2 Å². The zero-order valence-electron chi connectivity index (χ0n) is 13.0. The van der Waals surface area contributed by atoms with E-state index >= 15 is 0 Å². The number of hydrogen-bond acceptors (Lipinski definition) is 6. The van der Waals surface area contributed by atoms with E-state index in [1.807, 2.05) is 12.1 Å². The molecule has 2 aromatic rings. The Balaban J connectivity index is 1.55. The first kappa shape index (κ1) is 16.4. The molecule has 1 saturated heterocycles. The van der Waals surface area contributed by atoms with Gasteiger partial charge < -0.3 is 10.6 Å². The number of nitrogens with one attached hydrogen (secondary N) is 2. The fourth-order valence-electron chi connectivity index (χ4n) is 2.53. The minimum Gasteiger partial charge on any atom is -0.380 e. The number of nitrogens with zero attached hydrogens (tertiary/aromatic N) is 2. The lowest BCUT2D eigenvalue weighted by molar-refractivity contribution is 0.0946. The van der Waals surface area contributed by atoms with Crippen molar-refractivity contribution in [3.05, 3.63) is 54.1 Å². The van der Waals surface area contributed by atoms with Gasteiger partial charge in [-0.25, -0.2) is 13.4 Å². The van der Waals surface area contributed by atoms with Gasteiger partial charge in [0.05, 0.1) is 23.4 Å². The van der Waals surface area contributed by atoms with E-state index in [4.69, 9.17) is 0 Å². The van der Waals surface area contributed by atoms with Gasteiger partial charge in [0.1, 0.15) is 5.69 Å². The quantitative estimate of drug-likeness (QED) is 0.838. The highest BCUT2D eigenvalue weighted by Gasteiger charge is 2.27. The van der Waals surface area contributed by atoms with Crippen LogP contribution in [-0.2, 0) is 16.4 Å². The van der Waals surface area contributed by atoms with Gasteiger partial charge in [-0.2, -0.15) is 0 Å². The molecule has 1 amide bonds. The summed E-state index contributed by atoms with van der Waals surface area (Å²) in [7, 11) is -2.92. The van der Waals surface area contributed by atoms with Crippen molar-refractivity contribution < 1.29 is 13.2 Å². The number of carbonyl (C=O) groups is 1. The fraction of sp³-hybridized carbons (Fsp3) is 0.312. The van der Waals surface area contributed by atoms with Crippen molar-refractivity contribution in [3.63, 3.8) is 0 Å². The summed E-state index contributed by atoms with van der Waals surface area (Å²) in [6.45, 7) is 0.383. The number of hydrogen-bond donors (Lipinski definition) is 2.